The summed E-state index contributed by atoms with van der Waals surface area (Å²) in [6.07, 6.45) is 0. The van der Waals surface area contributed by atoms with Crippen LogP contribution in [0.15, 0.2) is 42.5 Å². The van der Waals surface area contributed by atoms with Gasteiger partial charge in [0.2, 0.25) is 0 Å². The molecule has 0 radical (unpaired) electrons. The van der Waals surface area contributed by atoms with E-state index in [1.807, 2.05) is 50.2 Å². The summed E-state index contributed by atoms with van der Waals surface area (Å²) in [5, 5.41) is 12.8. The summed E-state index contributed by atoms with van der Waals surface area (Å²) in [7, 11) is 0. The number of rotatable bonds is 5. The maximum Gasteiger partial charge on any atom is 0.119 e. The van der Waals surface area contributed by atoms with Crippen molar-refractivity contribution in [3.63, 3.8) is 0 Å². The zero-order chi connectivity index (χ0) is 15.2. The predicted octanol–water partition coefficient (Wildman–Crippen LogP) is 4.40. The molecule has 0 heterocycles. The molecule has 21 heavy (non-hydrogen) atoms. The van der Waals surface area contributed by atoms with Crippen LogP contribution in [-0.4, -0.2) is 12.6 Å². The largest absolute Gasteiger partial charge is 0.491 e. The van der Waals surface area contributed by atoms with E-state index in [1.54, 1.807) is 6.07 Å². The smallest absolute Gasteiger partial charge is 0.119 e. The Morgan fingerprint density at radius 1 is 1.24 bits per heavy atom. The van der Waals surface area contributed by atoms with Crippen LogP contribution in [0.5, 0.6) is 5.75 Å². The van der Waals surface area contributed by atoms with Gasteiger partial charge in [-0.1, -0.05) is 35.4 Å². The summed E-state index contributed by atoms with van der Waals surface area (Å²) in [6, 6.07) is 15.4. The second-order valence-corrected chi connectivity index (χ2v) is 5.35. The third-order valence-electron chi connectivity index (χ3n) is 3.05. The second kappa shape index (κ2) is 7.01. The Kier molecular flexibility index (Phi) is 5.08. The molecule has 108 valence electrons. The van der Waals surface area contributed by atoms with E-state index in [1.165, 1.54) is 5.56 Å². The number of ether oxygens (including phenoxy) is 1. The van der Waals surface area contributed by atoms with Gasteiger partial charge in [0.05, 0.1) is 22.3 Å². The number of hydrogen-bond donors (Lipinski definition) is 1. The highest BCUT2D eigenvalue weighted by atomic mass is 35.5. The van der Waals surface area contributed by atoms with Gasteiger partial charge in [-0.3, -0.25) is 0 Å². The van der Waals surface area contributed by atoms with Crippen LogP contribution in [0.3, 0.4) is 0 Å². The van der Waals surface area contributed by atoms with Gasteiger partial charge in [-0.15, -0.1) is 0 Å². The number of benzene rings is 2. The zero-order valence-corrected chi connectivity index (χ0v) is 12.8. The molecule has 0 bridgehead atoms. The molecule has 2 aromatic rings. The highest BCUT2D eigenvalue weighted by Crippen LogP contribution is 2.24. The van der Waals surface area contributed by atoms with Gasteiger partial charge in [0.15, 0.2) is 0 Å². The molecule has 0 aliphatic carbocycles. The molecule has 4 heteroatoms. The van der Waals surface area contributed by atoms with Crippen molar-refractivity contribution >= 4 is 17.3 Å². The molecular formula is C17H17ClN2O. The lowest BCUT2D eigenvalue weighted by molar-refractivity contribution is 0.304. The molecule has 0 aliphatic rings. The van der Waals surface area contributed by atoms with Crippen molar-refractivity contribution in [1.82, 2.24) is 0 Å². The van der Waals surface area contributed by atoms with E-state index in [0.717, 1.165) is 11.4 Å². The summed E-state index contributed by atoms with van der Waals surface area (Å²) in [5.74, 6) is 0.834. The maximum absolute atomic E-state index is 9.14. The van der Waals surface area contributed by atoms with Crippen molar-refractivity contribution in [1.29, 1.82) is 5.26 Å². The molecule has 0 saturated carbocycles. The lowest BCUT2D eigenvalue weighted by Gasteiger charge is -2.17. The minimum absolute atomic E-state index is 0.0527. The first-order valence-electron chi connectivity index (χ1n) is 6.75. The number of nitriles is 1. The first-order valence-corrected chi connectivity index (χ1v) is 7.12. The Bertz CT molecular complexity index is 647. The fourth-order valence-corrected chi connectivity index (χ4v) is 2.14. The Morgan fingerprint density at radius 3 is 2.62 bits per heavy atom. The van der Waals surface area contributed by atoms with Crippen LogP contribution in [0.4, 0.5) is 5.69 Å². The van der Waals surface area contributed by atoms with Gasteiger partial charge in [0, 0.05) is 0 Å². The molecule has 2 rings (SSSR count). The zero-order valence-electron chi connectivity index (χ0n) is 12.1. The van der Waals surface area contributed by atoms with Gasteiger partial charge in [0.25, 0.3) is 0 Å². The Hall–Kier alpha value is -2.18. The average molecular weight is 301 g/mol. The lowest BCUT2D eigenvalue weighted by atomic mass is 10.2. The first kappa shape index (κ1) is 15.2. The van der Waals surface area contributed by atoms with Gasteiger partial charge in [0.1, 0.15) is 18.4 Å². The minimum atomic E-state index is 0.0527. The van der Waals surface area contributed by atoms with E-state index in [2.05, 4.69) is 11.4 Å². The average Bonchev–Trinajstić information content (AvgIpc) is 2.47. The van der Waals surface area contributed by atoms with E-state index in [-0.39, 0.29) is 6.04 Å². The van der Waals surface area contributed by atoms with Crippen LogP contribution < -0.4 is 10.1 Å². The molecule has 0 spiro atoms. The van der Waals surface area contributed by atoms with Gasteiger partial charge in [-0.2, -0.15) is 5.26 Å². The van der Waals surface area contributed by atoms with Crippen molar-refractivity contribution in [3.05, 3.63) is 58.6 Å². The molecule has 1 atom stereocenters. The molecule has 3 nitrogen and oxygen atoms in total. The molecule has 0 aliphatic heterocycles. The summed E-state index contributed by atoms with van der Waals surface area (Å²) in [6.45, 7) is 4.53. The lowest BCUT2D eigenvalue weighted by Crippen LogP contribution is -2.24. The second-order valence-electron chi connectivity index (χ2n) is 4.94. The Labute approximate surface area is 130 Å². The van der Waals surface area contributed by atoms with Gasteiger partial charge in [-0.05, 0) is 38.1 Å². The molecule has 0 aromatic heterocycles. The summed E-state index contributed by atoms with van der Waals surface area (Å²) >= 11 is 6.01. The third kappa shape index (κ3) is 4.14. The number of aryl methyl sites for hydroxylation is 1. The van der Waals surface area contributed by atoms with Crippen molar-refractivity contribution in [3.8, 4) is 11.8 Å². The highest BCUT2D eigenvalue weighted by Gasteiger charge is 2.09. The van der Waals surface area contributed by atoms with E-state index < -0.39 is 0 Å². The molecule has 1 N–H and O–H groups in total. The predicted molar refractivity (Wildman–Crippen MR) is 85.9 cm³/mol. The number of hydrogen-bond acceptors (Lipinski definition) is 3. The third-order valence-corrected chi connectivity index (χ3v) is 3.36. The van der Waals surface area contributed by atoms with Crippen molar-refractivity contribution < 1.29 is 4.74 Å². The molecule has 2 aromatic carbocycles. The fourth-order valence-electron chi connectivity index (χ4n) is 1.92. The highest BCUT2D eigenvalue weighted by molar-refractivity contribution is 6.32. The van der Waals surface area contributed by atoms with E-state index >= 15 is 0 Å². The van der Waals surface area contributed by atoms with Crippen molar-refractivity contribution in [2.45, 2.75) is 19.9 Å². The van der Waals surface area contributed by atoms with E-state index in [4.69, 9.17) is 21.6 Å². The number of anilines is 1. The summed E-state index contributed by atoms with van der Waals surface area (Å²) < 4.78 is 5.72. The monoisotopic (exact) mass is 300 g/mol. The number of nitrogens with zero attached hydrogens (tertiary/aromatic N) is 1. The maximum atomic E-state index is 9.14. The Balaban J connectivity index is 1.96. The van der Waals surface area contributed by atoms with Gasteiger partial charge in [-0.25, -0.2) is 0 Å². The molecule has 0 fully saturated rings. The van der Waals surface area contributed by atoms with Crippen LogP contribution in [-0.2, 0) is 0 Å². The summed E-state index contributed by atoms with van der Waals surface area (Å²) in [4.78, 5) is 0. The van der Waals surface area contributed by atoms with Gasteiger partial charge >= 0.3 is 0 Å². The van der Waals surface area contributed by atoms with Crippen molar-refractivity contribution in [2.75, 3.05) is 11.9 Å². The summed E-state index contributed by atoms with van der Waals surface area (Å²) in [5.41, 5.74) is 2.39. The SMILES string of the molecule is Cc1ccc(OCC(C)Nc2cccc(Cl)c2C#N)cc1. The standard InChI is InChI=1S/C17H17ClN2O/c1-12-6-8-14(9-7-12)21-11-13(2)20-17-5-3-4-16(18)15(17)10-19/h3-9,13,20H,11H2,1-2H3. The quantitative estimate of drug-likeness (QED) is 0.890. The molecular weight excluding hydrogens is 284 g/mol. The molecule has 0 saturated heterocycles. The van der Waals surface area contributed by atoms with Gasteiger partial charge < -0.3 is 10.1 Å². The van der Waals surface area contributed by atoms with E-state index in [0.29, 0.717) is 17.2 Å². The van der Waals surface area contributed by atoms with Crippen LogP contribution >= 0.6 is 11.6 Å². The minimum Gasteiger partial charge on any atom is -0.491 e. The fraction of sp³-hybridized carbons (Fsp3) is 0.235. The van der Waals surface area contributed by atoms with Crippen LogP contribution in [0, 0.1) is 18.3 Å². The topological polar surface area (TPSA) is 45.0 Å². The van der Waals surface area contributed by atoms with Crippen LogP contribution in [0.25, 0.3) is 0 Å². The Morgan fingerprint density at radius 2 is 1.95 bits per heavy atom. The number of halogens is 1. The molecule has 1 unspecified atom stereocenters. The first-order chi connectivity index (χ1) is 10.1. The van der Waals surface area contributed by atoms with Crippen molar-refractivity contribution in [2.24, 2.45) is 0 Å². The normalized spacial score (nSPS) is 11.5. The molecule has 0 amide bonds. The van der Waals surface area contributed by atoms with Crippen LogP contribution in [0.2, 0.25) is 5.02 Å². The number of nitrogens with one attached hydrogen (secondary N) is 1. The van der Waals surface area contributed by atoms with E-state index in [9.17, 15) is 0 Å². The van der Waals surface area contributed by atoms with Crippen LogP contribution in [0.1, 0.15) is 18.1 Å².